The van der Waals surface area contributed by atoms with Crippen LogP contribution in [-0.2, 0) is 20.1 Å². The van der Waals surface area contributed by atoms with Crippen molar-refractivity contribution in [3.05, 3.63) is 145 Å². The number of furan rings is 1. The van der Waals surface area contributed by atoms with Crippen molar-refractivity contribution in [2.75, 3.05) is 0 Å². The quantitative estimate of drug-likeness (QED) is 0.132. The van der Waals surface area contributed by atoms with E-state index in [4.69, 9.17) is 4.42 Å². The number of benzene rings is 5. The average molecular weight is 775 g/mol. The molecule has 3 nitrogen and oxygen atoms in total. The Labute approximate surface area is 283 Å². The number of hydrogen-bond acceptors (Lipinski definition) is 3. The van der Waals surface area contributed by atoms with E-state index < -0.39 is 0 Å². The van der Waals surface area contributed by atoms with Gasteiger partial charge in [0.05, 0.1) is 5.58 Å². The van der Waals surface area contributed by atoms with E-state index in [9.17, 15) is 0 Å². The van der Waals surface area contributed by atoms with E-state index in [0.29, 0.717) is 11.8 Å². The van der Waals surface area contributed by atoms with Gasteiger partial charge in [-0.2, -0.15) is 0 Å². The number of rotatable bonds is 4. The largest absolute Gasteiger partial charge is 0.501 e. The Morgan fingerprint density at radius 2 is 1.35 bits per heavy atom. The first kappa shape index (κ1) is 31.4. The summed E-state index contributed by atoms with van der Waals surface area (Å²) in [6, 6.07) is 44.4. The fourth-order valence-corrected chi connectivity index (χ4v) is 5.87. The van der Waals surface area contributed by atoms with Crippen molar-refractivity contribution in [2.24, 2.45) is 0 Å². The number of aromatic nitrogens is 2. The number of pyridine rings is 2. The van der Waals surface area contributed by atoms with Crippen molar-refractivity contribution in [3.8, 4) is 22.5 Å². The Morgan fingerprint density at radius 3 is 2.15 bits per heavy atom. The fraction of sp³-hybridized carbons (Fsp3) is 0.143. The molecule has 0 atom stereocenters. The molecule has 46 heavy (non-hydrogen) atoms. The summed E-state index contributed by atoms with van der Waals surface area (Å²) in [6.07, 6.45) is 3.69. The van der Waals surface area contributed by atoms with Crippen molar-refractivity contribution < 1.29 is 24.5 Å². The van der Waals surface area contributed by atoms with Gasteiger partial charge >= 0.3 is 0 Å². The van der Waals surface area contributed by atoms with Crippen LogP contribution < -0.4 is 0 Å². The Morgan fingerprint density at radius 1 is 0.587 bits per heavy atom. The van der Waals surface area contributed by atoms with E-state index in [1.807, 2.05) is 30.5 Å². The first-order valence-corrected chi connectivity index (χ1v) is 15.5. The molecule has 0 aliphatic heterocycles. The molecule has 0 saturated heterocycles. The predicted molar refractivity (Wildman–Crippen MR) is 187 cm³/mol. The van der Waals surface area contributed by atoms with E-state index in [-0.39, 0.29) is 20.1 Å². The summed E-state index contributed by atoms with van der Waals surface area (Å²) in [6.45, 7) is 8.79. The van der Waals surface area contributed by atoms with Gasteiger partial charge in [-0.1, -0.05) is 122 Å². The molecule has 3 aromatic heterocycles. The second-order valence-corrected chi connectivity index (χ2v) is 12.1. The molecule has 8 aromatic rings. The number of hydrogen-bond donors (Lipinski definition) is 0. The second-order valence-electron chi connectivity index (χ2n) is 12.1. The van der Waals surface area contributed by atoms with Crippen molar-refractivity contribution in [1.82, 2.24) is 9.97 Å². The topological polar surface area (TPSA) is 38.9 Å². The van der Waals surface area contributed by atoms with Crippen molar-refractivity contribution in [1.29, 1.82) is 0 Å². The summed E-state index contributed by atoms with van der Waals surface area (Å²) in [5.74, 6) is 0.987. The zero-order valence-corrected chi connectivity index (χ0v) is 28.7. The predicted octanol–water partition coefficient (Wildman–Crippen LogP) is 11.5. The molecule has 1 radical (unpaired) electrons. The zero-order valence-electron chi connectivity index (χ0n) is 26.3. The maximum Gasteiger partial charge on any atom is 0.121 e. The minimum Gasteiger partial charge on any atom is -0.501 e. The first-order chi connectivity index (χ1) is 22.0. The van der Waals surface area contributed by atoms with Crippen LogP contribution in [-0.4, -0.2) is 9.97 Å². The smallest absolute Gasteiger partial charge is 0.121 e. The normalized spacial score (nSPS) is 11.3. The van der Waals surface area contributed by atoms with Gasteiger partial charge in [-0.3, -0.25) is 0 Å². The number of fused-ring (bicyclic) bond motifs is 6. The van der Waals surface area contributed by atoms with Gasteiger partial charge in [0, 0.05) is 37.9 Å². The standard InChI is InChI=1S/C22H18N.C20H16NO.Ir/c1-15(2)17-11-12-23-22(14-17)19-9-10-21-18(13-19)8-7-16-5-3-4-6-20(16)21;1-13(2)14-9-10-15-16-6-5-7-17(18-8-3-4-11-21-18)20(16)22-19(15)12-14;/h3-8,10-15H,1-2H3;3-6,8-13H,1-2H3;/q2*-1;. The van der Waals surface area contributed by atoms with Gasteiger partial charge in [0.2, 0.25) is 0 Å². The molecule has 0 spiro atoms. The van der Waals surface area contributed by atoms with E-state index in [1.54, 1.807) is 6.20 Å². The minimum absolute atomic E-state index is 0. The van der Waals surface area contributed by atoms with Crippen LogP contribution in [0.4, 0.5) is 0 Å². The van der Waals surface area contributed by atoms with Crippen LogP contribution in [0.1, 0.15) is 50.7 Å². The summed E-state index contributed by atoms with van der Waals surface area (Å²) in [7, 11) is 0. The van der Waals surface area contributed by atoms with E-state index >= 15 is 0 Å². The van der Waals surface area contributed by atoms with Crippen molar-refractivity contribution >= 4 is 43.5 Å². The Hall–Kier alpha value is -4.63. The van der Waals surface area contributed by atoms with E-state index in [1.165, 1.54) is 32.7 Å². The number of nitrogens with zero attached hydrogens (tertiary/aromatic N) is 2. The van der Waals surface area contributed by atoms with Crippen LogP contribution >= 0.6 is 0 Å². The summed E-state index contributed by atoms with van der Waals surface area (Å²) < 4.78 is 6.16. The molecule has 8 rings (SSSR count). The van der Waals surface area contributed by atoms with Gasteiger partial charge in [0.15, 0.2) is 0 Å². The zero-order chi connectivity index (χ0) is 30.9. The van der Waals surface area contributed by atoms with Crippen LogP contribution in [0.25, 0.3) is 66.0 Å². The molecular weight excluding hydrogens is 741 g/mol. The Balaban J connectivity index is 0.000000158. The third-order valence-electron chi connectivity index (χ3n) is 8.45. The molecule has 3 heterocycles. The van der Waals surface area contributed by atoms with Crippen LogP contribution in [0.5, 0.6) is 0 Å². The van der Waals surface area contributed by atoms with E-state index in [2.05, 4.69) is 135 Å². The third-order valence-corrected chi connectivity index (χ3v) is 8.45. The molecule has 4 heteroatoms. The van der Waals surface area contributed by atoms with Gasteiger partial charge in [-0.05, 0) is 52.4 Å². The molecule has 0 bridgehead atoms. The van der Waals surface area contributed by atoms with Gasteiger partial charge < -0.3 is 14.4 Å². The minimum atomic E-state index is 0. The van der Waals surface area contributed by atoms with Crippen LogP contribution in [0.15, 0.2) is 126 Å². The SMILES string of the molecule is CC(C)c1ccc2c(c1)oc1c(-c3ccccn3)[c-]ccc12.CC(C)c1ccnc(-c2[c-]cc3c(ccc4ccccc43)c2)c1.[Ir]. The van der Waals surface area contributed by atoms with Crippen LogP contribution in [0, 0.1) is 12.1 Å². The molecule has 0 fully saturated rings. The Bertz CT molecular complexity index is 2290. The molecule has 0 N–H and O–H groups in total. The average Bonchev–Trinajstić information content (AvgIpc) is 3.47. The molecule has 0 saturated carbocycles. The van der Waals surface area contributed by atoms with Crippen molar-refractivity contribution in [2.45, 2.75) is 39.5 Å². The molecule has 0 aliphatic carbocycles. The summed E-state index contributed by atoms with van der Waals surface area (Å²) in [5.41, 5.74) is 8.23. The van der Waals surface area contributed by atoms with Crippen LogP contribution in [0.2, 0.25) is 0 Å². The van der Waals surface area contributed by atoms with Gasteiger partial charge in [0.25, 0.3) is 0 Å². The molecular formula is C42H34IrN2O-2. The fourth-order valence-electron chi connectivity index (χ4n) is 5.87. The maximum absolute atomic E-state index is 6.16. The van der Waals surface area contributed by atoms with E-state index in [0.717, 1.165) is 44.5 Å². The summed E-state index contributed by atoms with van der Waals surface area (Å²) >= 11 is 0. The molecule has 5 aromatic carbocycles. The monoisotopic (exact) mass is 775 g/mol. The summed E-state index contributed by atoms with van der Waals surface area (Å²) in [4.78, 5) is 8.95. The Kier molecular flexibility index (Phi) is 9.12. The van der Waals surface area contributed by atoms with Gasteiger partial charge in [0.1, 0.15) is 5.58 Å². The molecule has 229 valence electrons. The molecule has 0 amide bonds. The third kappa shape index (κ3) is 6.11. The van der Waals surface area contributed by atoms with Gasteiger partial charge in [-0.15, -0.1) is 47.3 Å². The van der Waals surface area contributed by atoms with Gasteiger partial charge in [-0.25, -0.2) is 0 Å². The summed E-state index contributed by atoms with van der Waals surface area (Å²) in [5, 5.41) is 7.27. The maximum atomic E-state index is 6.16. The first-order valence-electron chi connectivity index (χ1n) is 15.5. The second kappa shape index (κ2) is 13.4. The van der Waals surface area contributed by atoms with Crippen molar-refractivity contribution in [3.63, 3.8) is 0 Å². The molecule has 0 aliphatic rings. The van der Waals surface area contributed by atoms with Crippen LogP contribution in [0.3, 0.4) is 0 Å². The molecule has 0 unspecified atom stereocenters.